The van der Waals surface area contributed by atoms with Crippen molar-refractivity contribution >= 4 is 40.4 Å². The normalized spacial score (nSPS) is 13.5. The zero-order valence-electron chi connectivity index (χ0n) is 25.6. The van der Waals surface area contributed by atoms with Gasteiger partial charge in [0.1, 0.15) is 18.1 Å². The van der Waals surface area contributed by atoms with Crippen LogP contribution in [0.5, 0.6) is 11.5 Å². The number of rotatable bonds is 8. The first-order valence-electron chi connectivity index (χ1n) is 14.9. The average Bonchev–Trinajstić information content (AvgIpc) is 3.32. The first-order chi connectivity index (χ1) is 22.5. The lowest BCUT2D eigenvalue weighted by atomic mass is 9.81. The molecular formula is C37H31ClF3N3O3. The van der Waals surface area contributed by atoms with E-state index < -0.39 is 12.4 Å². The lowest BCUT2D eigenvalue weighted by Gasteiger charge is -2.26. The summed E-state index contributed by atoms with van der Waals surface area (Å²) >= 11 is 6.23. The van der Waals surface area contributed by atoms with E-state index in [-0.39, 0.29) is 11.2 Å². The smallest absolute Gasteiger partial charge is 0.487 e. The molecule has 0 aliphatic carbocycles. The van der Waals surface area contributed by atoms with E-state index in [4.69, 9.17) is 16.3 Å². The monoisotopic (exact) mass is 657 g/mol. The third-order valence-electron chi connectivity index (χ3n) is 7.82. The molecule has 0 atom stereocenters. The number of benzene rings is 5. The number of amides is 2. The van der Waals surface area contributed by atoms with Crippen molar-refractivity contribution in [1.82, 2.24) is 0 Å². The van der Waals surface area contributed by atoms with Crippen molar-refractivity contribution in [1.29, 1.82) is 0 Å². The Balaban J connectivity index is 1.34. The summed E-state index contributed by atoms with van der Waals surface area (Å²) < 4.78 is 48.1. The van der Waals surface area contributed by atoms with Gasteiger partial charge >= 0.3 is 12.4 Å². The maximum atomic E-state index is 13.1. The highest BCUT2D eigenvalue weighted by Gasteiger charge is 2.41. The first-order valence-corrected chi connectivity index (χ1v) is 15.3. The molecule has 0 unspecified atom stereocenters. The van der Waals surface area contributed by atoms with Gasteiger partial charge in [0, 0.05) is 22.7 Å². The molecule has 47 heavy (non-hydrogen) atoms. The molecule has 1 heterocycles. The van der Waals surface area contributed by atoms with Crippen LogP contribution in [-0.4, -0.2) is 18.9 Å². The Morgan fingerprint density at radius 1 is 0.851 bits per heavy atom. The highest BCUT2D eigenvalue weighted by molar-refractivity contribution is 6.30. The van der Waals surface area contributed by atoms with Crippen LogP contribution in [0.3, 0.4) is 0 Å². The lowest BCUT2D eigenvalue weighted by molar-refractivity contribution is -0.274. The minimum Gasteiger partial charge on any atom is -0.487 e. The van der Waals surface area contributed by atoms with E-state index in [0.717, 1.165) is 45.8 Å². The van der Waals surface area contributed by atoms with Gasteiger partial charge in [-0.2, -0.15) is 0 Å². The van der Waals surface area contributed by atoms with Crippen molar-refractivity contribution in [2.24, 2.45) is 0 Å². The standard InChI is InChI=1S/C37H31ClF3N3O3/c1-36(2)23-44(31-11-7-6-10-30(31)43-35(45)42-27-16-18-28(19-17-27)47-37(39,40)41)34-32(46-22-24-8-4-3-5-9-24)21-20-29(33(34)36)25-12-14-26(38)15-13-25/h3-21H,22-23H2,1-2H3,(H2,42,43,45). The van der Waals surface area contributed by atoms with Crippen LogP contribution in [0.4, 0.5) is 40.7 Å². The molecular weight excluding hydrogens is 627 g/mol. The number of hydrogen-bond acceptors (Lipinski definition) is 4. The second kappa shape index (κ2) is 12.9. The van der Waals surface area contributed by atoms with Gasteiger partial charge in [0.05, 0.1) is 17.1 Å². The van der Waals surface area contributed by atoms with Gasteiger partial charge in [0.25, 0.3) is 0 Å². The van der Waals surface area contributed by atoms with E-state index in [1.807, 2.05) is 78.9 Å². The highest BCUT2D eigenvalue weighted by atomic mass is 35.5. The fourth-order valence-corrected chi connectivity index (χ4v) is 5.97. The Labute approximate surface area is 275 Å². The Hall–Kier alpha value is -5.15. The fourth-order valence-electron chi connectivity index (χ4n) is 5.85. The Bertz CT molecular complexity index is 1880. The van der Waals surface area contributed by atoms with Gasteiger partial charge in [-0.25, -0.2) is 4.79 Å². The van der Waals surface area contributed by atoms with Crippen molar-refractivity contribution < 1.29 is 27.4 Å². The molecule has 0 saturated heterocycles. The molecule has 240 valence electrons. The molecule has 5 aromatic rings. The quantitative estimate of drug-likeness (QED) is 0.174. The predicted molar refractivity (Wildman–Crippen MR) is 180 cm³/mol. The van der Waals surface area contributed by atoms with E-state index in [2.05, 4.69) is 40.2 Å². The SMILES string of the molecule is CC1(C)CN(c2ccccc2NC(=O)Nc2ccc(OC(F)(F)F)cc2)c2c(OCc3ccccc3)ccc(-c3ccc(Cl)cc3)c21. The molecule has 0 radical (unpaired) electrons. The summed E-state index contributed by atoms with van der Waals surface area (Å²) in [5.74, 6) is 0.319. The van der Waals surface area contributed by atoms with Crippen LogP contribution in [0, 0.1) is 0 Å². The van der Waals surface area contributed by atoms with Crippen LogP contribution in [0.2, 0.25) is 5.02 Å². The third-order valence-corrected chi connectivity index (χ3v) is 8.07. The van der Waals surface area contributed by atoms with Gasteiger partial charge in [0.2, 0.25) is 0 Å². The second-order valence-electron chi connectivity index (χ2n) is 11.8. The average molecular weight is 658 g/mol. The molecule has 0 saturated carbocycles. The number of para-hydroxylation sites is 2. The fraction of sp³-hybridized carbons (Fsp3) is 0.162. The number of nitrogens with zero attached hydrogens (tertiary/aromatic N) is 1. The summed E-state index contributed by atoms with van der Waals surface area (Å²) in [5, 5.41) is 6.25. The third kappa shape index (κ3) is 7.31. The van der Waals surface area contributed by atoms with E-state index >= 15 is 0 Å². The number of carbonyl (C=O) groups is 1. The molecule has 5 aromatic carbocycles. The zero-order chi connectivity index (χ0) is 33.2. The molecule has 0 spiro atoms. The van der Waals surface area contributed by atoms with Crippen molar-refractivity contribution in [3.63, 3.8) is 0 Å². The van der Waals surface area contributed by atoms with E-state index in [9.17, 15) is 18.0 Å². The number of halogens is 4. The minimum atomic E-state index is -4.80. The van der Waals surface area contributed by atoms with Gasteiger partial charge < -0.3 is 25.0 Å². The molecule has 0 bridgehead atoms. The first kappa shape index (κ1) is 31.8. The molecule has 2 amide bonds. The summed E-state index contributed by atoms with van der Waals surface area (Å²) in [5.41, 5.74) is 6.36. The summed E-state index contributed by atoms with van der Waals surface area (Å²) in [4.78, 5) is 15.3. The number of nitrogens with one attached hydrogen (secondary N) is 2. The number of alkyl halides is 3. The van der Waals surface area contributed by atoms with Crippen molar-refractivity contribution in [3.05, 3.63) is 131 Å². The van der Waals surface area contributed by atoms with Crippen molar-refractivity contribution in [2.45, 2.75) is 32.2 Å². The second-order valence-corrected chi connectivity index (χ2v) is 12.2. The van der Waals surface area contributed by atoms with Gasteiger partial charge in [-0.3, -0.25) is 0 Å². The number of hydrogen-bond donors (Lipinski definition) is 2. The summed E-state index contributed by atoms with van der Waals surface area (Å²) in [6, 6.07) is 33.6. The molecule has 0 fully saturated rings. The molecule has 0 aromatic heterocycles. The number of fused-ring (bicyclic) bond motifs is 1. The molecule has 2 N–H and O–H groups in total. The Morgan fingerprint density at radius 2 is 1.53 bits per heavy atom. The predicted octanol–water partition coefficient (Wildman–Crippen LogP) is 10.6. The molecule has 6 rings (SSSR count). The minimum absolute atomic E-state index is 0.298. The maximum Gasteiger partial charge on any atom is 0.573 e. The number of carbonyl (C=O) groups excluding carboxylic acids is 1. The van der Waals surface area contributed by atoms with Gasteiger partial charge in [-0.05, 0) is 76.9 Å². The Kier molecular flexibility index (Phi) is 8.75. The van der Waals surface area contributed by atoms with Crippen LogP contribution >= 0.6 is 11.6 Å². The molecule has 1 aliphatic rings. The van der Waals surface area contributed by atoms with Crippen LogP contribution in [-0.2, 0) is 12.0 Å². The summed E-state index contributed by atoms with van der Waals surface area (Å²) in [6.45, 7) is 5.33. The van der Waals surface area contributed by atoms with E-state index in [1.165, 1.54) is 12.1 Å². The number of anilines is 4. The van der Waals surface area contributed by atoms with Crippen molar-refractivity contribution in [2.75, 3.05) is 22.1 Å². The molecule has 1 aliphatic heterocycles. The topological polar surface area (TPSA) is 62.8 Å². The number of ether oxygens (including phenoxy) is 2. The van der Waals surface area contributed by atoms with Crippen LogP contribution in [0.15, 0.2) is 115 Å². The maximum absolute atomic E-state index is 13.1. The van der Waals surface area contributed by atoms with E-state index in [1.54, 1.807) is 6.07 Å². The summed E-state index contributed by atoms with van der Waals surface area (Å²) in [6.07, 6.45) is -4.80. The van der Waals surface area contributed by atoms with Crippen LogP contribution in [0.25, 0.3) is 11.1 Å². The van der Waals surface area contributed by atoms with E-state index in [0.29, 0.717) is 35.3 Å². The number of urea groups is 1. The van der Waals surface area contributed by atoms with Gasteiger partial charge in [0.15, 0.2) is 0 Å². The summed E-state index contributed by atoms with van der Waals surface area (Å²) in [7, 11) is 0. The molecule has 10 heteroatoms. The lowest BCUT2D eigenvalue weighted by Crippen LogP contribution is -2.27. The van der Waals surface area contributed by atoms with Crippen LogP contribution in [0.1, 0.15) is 25.0 Å². The highest BCUT2D eigenvalue weighted by Crippen LogP contribution is 2.54. The van der Waals surface area contributed by atoms with Crippen molar-refractivity contribution in [3.8, 4) is 22.6 Å². The van der Waals surface area contributed by atoms with Crippen LogP contribution < -0.4 is 25.0 Å². The zero-order valence-corrected chi connectivity index (χ0v) is 26.3. The Morgan fingerprint density at radius 3 is 2.23 bits per heavy atom. The van der Waals surface area contributed by atoms with Gasteiger partial charge in [-0.15, -0.1) is 13.2 Å². The molecule has 6 nitrogen and oxygen atoms in total. The van der Waals surface area contributed by atoms with Gasteiger partial charge in [-0.1, -0.05) is 86.1 Å². The largest absolute Gasteiger partial charge is 0.573 e.